The number of rotatable bonds is 8. The van der Waals surface area contributed by atoms with Crippen molar-refractivity contribution in [3.8, 4) is 5.75 Å². The minimum Gasteiger partial charge on any atom is -0.507 e. The largest absolute Gasteiger partial charge is 0.507 e. The van der Waals surface area contributed by atoms with Gasteiger partial charge in [0.05, 0.1) is 24.8 Å². The number of aliphatic hydroxyl groups excluding tert-OH is 1. The first kappa shape index (κ1) is 21.6. The Bertz CT molecular complexity index is 936. The summed E-state index contributed by atoms with van der Waals surface area (Å²) >= 11 is 0. The van der Waals surface area contributed by atoms with Crippen molar-refractivity contribution in [1.82, 2.24) is 4.90 Å². The van der Waals surface area contributed by atoms with E-state index in [0.29, 0.717) is 30.9 Å². The second kappa shape index (κ2) is 9.59. The van der Waals surface area contributed by atoms with E-state index in [2.05, 4.69) is 0 Å². The molecule has 0 aromatic heterocycles. The Labute approximate surface area is 176 Å². The number of nitrogens with zero attached hydrogens (tertiary/aromatic N) is 1. The number of Topliss-reactive ketones (excluding diaryl/α,β-unsaturated/α-hetero) is 1. The van der Waals surface area contributed by atoms with Gasteiger partial charge in [-0.3, -0.25) is 9.59 Å². The van der Waals surface area contributed by atoms with Gasteiger partial charge in [-0.25, -0.2) is 0 Å². The van der Waals surface area contributed by atoms with E-state index in [1.807, 2.05) is 44.2 Å². The zero-order valence-electron chi connectivity index (χ0n) is 17.5. The highest BCUT2D eigenvalue weighted by atomic mass is 16.5. The molecule has 1 atom stereocenters. The quantitative estimate of drug-likeness (QED) is 0.309. The van der Waals surface area contributed by atoms with Crippen LogP contribution in [0.4, 0.5) is 0 Å². The average molecular weight is 409 g/mol. The number of hydrogen-bond acceptors (Lipinski definition) is 5. The zero-order valence-corrected chi connectivity index (χ0v) is 17.5. The number of methoxy groups -OCH3 is 1. The first-order valence-corrected chi connectivity index (χ1v) is 10.0. The van der Waals surface area contributed by atoms with Gasteiger partial charge in [0.2, 0.25) is 0 Å². The Morgan fingerprint density at radius 1 is 1.10 bits per heavy atom. The third-order valence-corrected chi connectivity index (χ3v) is 4.99. The second-order valence-corrected chi connectivity index (χ2v) is 7.41. The van der Waals surface area contributed by atoms with Crippen LogP contribution in [0.1, 0.15) is 37.4 Å². The monoisotopic (exact) mass is 409 g/mol. The van der Waals surface area contributed by atoms with E-state index in [4.69, 9.17) is 9.47 Å². The number of aliphatic hydroxyl groups is 1. The number of amides is 1. The third kappa shape index (κ3) is 4.54. The van der Waals surface area contributed by atoms with Gasteiger partial charge in [-0.05, 0) is 38.0 Å². The van der Waals surface area contributed by atoms with E-state index in [1.54, 1.807) is 24.3 Å². The van der Waals surface area contributed by atoms with Gasteiger partial charge in [0.1, 0.15) is 11.5 Å². The molecule has 1 heterocycles. The molecule has 6 heteroatoms. The number of ether oxygens (including phenoxy) is 2. The lowest BCUT2D eigenvalue weighted by molar-refractivity contribution is -0.140. The molecule has 1 amide bonds. The molecule has 1 N–H and O–H groups in total. The molecular formula is C24H27NO5. The van der Waals surface area contributed by atoms with Crippen molar-refractivity contribution >= 4 is 17.4 Å². The summed E-state index contributed by atoms with van der Waals surface area (Å²) in [4.78, 5) is 27.3. The molecule has 3 rings (SSSR count). The van der Waals surface area contributed by atoms with Crippen LogP contribution in [-0.4, -0.2) is 48.1 Å². The molecule has 0 unspecified atom stereocenters. The van der Waals surface area contributed by atoms with E-state index in [0.717, 1.165) is 5.56 Å². The van der Waals surface area contributed by atoms with E-state index < -0.39 is 17.7 Å². The van der Waals surface area contributed by atoms with Crippen molar-refractivity contribution in [3.63, 3.8) is 0 Å². The Balaban J connectivity index is 2.01. The normalized spacial score (nSPS) is 18.3. The molecule has 1 saturated heterocycles. The van der Waals surface area contributed by atoms with Crippen LogP contribution in [0, 0.1) is 0 Å². The van der Waals surface area contributed by atoms with E-state index in [1.165, 1.54) is 12.0 Å². The Morgan fingerprint density at radius 2 is 1.83 bits per heavy atom. The van der Waals surface area contributed by atoms with Crippen LogP contribution < -0.4 is 4.74 Å². The lowest BCUT2D eigenvalue weighted by atomic mass is 9.95. The number of likely N-dealkylation sites (tertiary alicyclic amines) is 1. The van der Waals surface area contributed by atoms with Gasteiger partial charge < -0.3 is 19.5 Å². The van der Waals surface area contributed by atoms with Crippen molar-refractivity contribution in [3.05, 3.63) is 71.3 Å². The number of carbonyl (C=O) groups is 2. The van der Waals surface area contributed by atoms with Crippen molar-refractivity contribution < 1.29 is 24.2 Å². The first-order chi connectivity index (χ1) is 14.4. The van der Waals surface area contributed by atoms with E-state index >= 15 is 0 Å². The van der Waals surface area contributed by atoms with Crippen molar-refractivity contribution in [2.75, 3.05) is 20.3 Å². The van der Waals surface area contributed by atoms with E-state index in [9.17, 15) is 14.7 Å². The summed E-state index contributed by atoms with van der Waals surface area (Å²) < 4.78 is 10.8. The van der Waals surface area contributed by atoms with Gasteiger partial charge in [0, 0.05) is 18.7 Å². The summed E-state index contributed by atoms with van der Waals surface area (Å²) in [5, 5.41) is 11.0. The van der Waals surface area contributed by atoms with Crippen molar-refractivity contribution in [2.45, 2.75) is 32.4 Å². The topological polar surface area (TPSA) is 76.1 Å². The smallest absolute Gasteiger partial charge is 0.295 e. The zero-order chi connectivity index (χ0) is 21.7. The Morgan fingerprint density at radius 3 is 2.50 bits per heavy atom. The fraction of sp³-hybridized carbons (Fsp3) is 0.333. The molecule has 0 radical (unpaired) electrons. The van der Waals surface area contributed by atoms with Crippen LogP contribution in [0.2, 0.25) is 0 Å². The number of benzene rings is 2. The molecule has 158 valence electrons. The SMILES string of the molecule is COc1cccc(C(O)=C2C(=O)C(=O)N(CCCOC(C)C)[C@@H]2c2ccccc2)c1. The van der Waals surface area contributed by atoms with Crippen molar-refractivity contribution in [1.29, 1.82) is 0 Å². The summed E-state index contributed by atoms with van der Waals surface area (Å²) in [5.41, 5.74) is 1.28. The highest BCUT2D eigenvalue weighted by Crippen LogP contribution is 2.39. The minimum atomic E-state index is -0.686. The second-order valence-electron chi connectivity index (χ2n) is 7.41. The van der Waals surface area contributed by atoms with Crippen LogP contribution in [0.5, 0.6) is 5.75 Å². The third-order valence-electron chi connectivity index (χ3n) is 4.99. The molecule has 30 heavy (non-hydrogen) atoms. The fourth-order valence-corrected chi connectivity index (χ4v) is 3.57. The summed E-state index contributed by atoms with van der Waals surface area (Å²) in [6, 6.07) is 15.4. The van der Waals surface area contributed by atoms with Gasteiger partial charge in [-0.1, -0.05) is 42.5 Å². The summed E-state index contributed by atoms with van der Waals surface area (Å²) in [5.74, 6) is -0.954. The van der Waals surface area contributed by atoms with Crippen LogP contribution in [-0.2, 0) is 14.3 Å². The number of ketones is 1. The average Bonchev–Trinajstić information content (AvgIpc) is 3.01. The lowest BCUT2D eigenvalue weighted by Crippen LogP contribution is -2.31. The molecular weight excluding hydrogens is 382 g/mol. The molecule has 1 fully saturated rings. The molecule has 1 aliphatic heterocycles. The molecule has 6 nitrogen and oxygen atoms in total. The van der Waals surface area contributed by atoms with E-state index in [-0.39, 0.29) is 17.4 Å². The number of carbonyl (C=O) groups excluding carboxylic acids is 2. The molecule has 1 aliphatic rings. The highest BCUT2D eigenvalue weighted by Gasteiger charge is 2.45. The van der Waals surface area contributed by atoms with Crippen LogP contribution in [0.3, 0.4) is 0 Å². The highest BCUT2D eigenvalue weighted by molar-refractivity contribution is 6.46. The fourth-order valence-electron chi connectivity index (χ4n) is 3.57. The Hall–Kier alpha value is -3.12. The molecule has 0 aliphatic carbocycles. The van der Waals surface area contributed by atoms with Crippen LogP contribution >= 0.6 is 0 Å². The summed E-state index contributed by atoms with van der Waals surface area (Å²) in [6.07, 6.45) is 0.687. The molecule has 0 bridgehead atoms. The van der Waals surface area contributed by atoms with Crippen LogP contribution in [0.15, 0.2) is 60.2 Å². The number of hydrogen-bond donors (Lipinski definition) is 1. The van der Waals surface area contributed by atoms with Gasteiger partial charge in [-0.2, -0.15) is 0 Å². The molecule has 0 spiro atoms. The maximum absolute atomic E-state index is 12.9. The van der Waals surface area contributed by atoms with Crippen molar-refractivity contribution in [2.24, 2.45) is 0 Å². The van der Waals surface area contributed by atoms with Gasteiger partial charge in [0.15, 0.2) is 0 Å². The maximum Gasteiger partial charge on any atom is 0.295 e. The predicted octanol–water partition coefficient (Wildman–Crippen LogP) is 3.93. The van der Waals surface area contributed by atoms with Gasteiger partial charge in [-0.15, -0.1) is 0 Å². The maximum atomic E-state index is 12.9. The standard InChI is InChI=1S/C24H27NO5/c1-16(2)30-14-8-13-25-21(17-9-5-4-6-10-17)20(23(27)24(25)28)22(26)18-11-7-12-19(15-18)29-3/h4-7,9-12,15-16,21,26H,8,13-14H2,1-3H3/t21-/m1/s1. The molecule has 0 saturated carbocycles. The molecule has 2 aromatic carbocycles. The van der Waals surface area contributed by atoms with Gasteiger partial charge in [0.25, 0.3) is 11.7 Å². The first-order valence-electron chi connectivity index (χ1n) is 10.0. The van der Waals surface area contributed by atoms with Crippen LogP contribution in [0.25, 0.3) is 5.76 Å². The molecule has 2 aromatic rings. The summed E-state index contributed by atoms with van der Waals surface area (Å²) in [6.45, 7) is 4.73. The lowest BCUT2D eigenvalue weighted by Gasteiger charge is -2.25. The summed E-state index contributed by atoms with van der Waals surface area (Å²) in [7, 11) is 1.53. The minimum absolute atomic E-state index is 0.0873. The Kier molecular flexibility index (Phi) is 6.90. The van der Waals surface area contributed by atoms with Gasteiger partial charge >= 0.3 is 0 Å². The predicted molar refractivity (Wildman–Crippen MR) is 114 cm³/mol.